The Labute approximate surface area is 146 Å². The first-order chi connectivity index (χ1) is 12.2. The molecular formula is C18H21N3O4. The molecule has 7 nitrogen and oxygen atoms in total. The topological polar surface area (TPSA) is 65.8 Å². The van der Waals surface area contributed by atoms with Crippen LogP contribution in [-0.2, 0) is 29.0 Å². The van der Waals surface area contributed by atoms with Gasteiger partial charge in [-0.3, -0.25) is 9.48 Å². The fourth-order valence-corrected chi connectivity index (χ4v) is 3.28. The summed E-state index contributed by atoms with van der Waals surface area (Å²) in [5.41, 5.74) is 1.95. The third-order valence-corrected chi connectivity index (χ3v) is 4.51. The molecule has 0 fully saturated rings. The fourth-order valence-electron chi connectivity index (χ4n) is 3.28. The van der Waals surface area contributed by atoms with Crippen molar-refractivity contribution in [3.63, 3.8) is 0 Å². The van der Waals surface area contributed by atoms with Gasteiger partial charge in [-0.15, -0.1) is 0 Å². The number of ether oxygens (including phenoxy) is 3. The Morgan fingerprint density at radius 2 is 2.16 bits per heavy atom. The zero-order chi connectivity index (χ0) is 17.2. The van der Waals surface area contributed by atoms with E-state index in [9.17, 15) is 4.79 Å². The van der Waals surface area contributed by atoms with Gasteiger partial charge >= 0.3 is 0 Å². The lowest BCUT2D eigenvalue weighted by Gasteiger charge is -2.24. The summed E-state index contributed by atoms with van der Waals surface area (Å²) in [7, 11) is 0. The summed E-state index contributed by atoms with van der Waals surface area (Å²) in [6, 6.07) is 7.59. The lowest BCUT2D eigenvalue weighted by molar-refractivity contribution is -0.133. The van der Waals surface area contributed by atoms with Crippen molar-refractivity contribution in [3.8, 4) is 11.5 Å². The molecule has 7 heteroatoms. The van der Waals surface area contributed by atoms with E-state index in [0.717, 1.165) is 17.0 Å². The standard InChI is InChI=1S/C18H21N3O4/c1-2-23-15-10-20(9-14-5-6-19-21(14)11-15)18(22)8-13-3-4-16-17(7-13)25-12-24-16/h3-7,15H,2,8-12H2,1H3/t15-/m0/s1. The Morgan fingerprint density at radius 3 is 3.04 bits per heavy atom. The minimum absolute atomic E-state index is 0.0492. The number of fused-ring (bicyclic) bond motifs is 2. The first-order valence-corrected chi connectivity index (χ1v) is 8.51. The van der Waals surface area contributed by atoms with Gasteiger partial charge in [-0.25, -0.2) is 0 Å². The number of benzene rings is 1. The van der Waals surface area contributed by atoms with E-state index < -0.39 is 0 Å². The van der Waals surface area contributed by atoms with Gasteiger partial charge in [0.2, 0.25) is 12.7 Å². The fraction of sp³-hybridized carbons (Fsp3) is 0.444. The highest BCUT2D eigenvalue weighted by Crippen LogP contribution is 2.32. The van der Waals surface area contributed by atoms with Crippen LogP contribution in [0.15, 0.2) is 30.5 Å². The third-order valence-electron chi connectivity index (χ3n) is 4.51. The number of carbonyl (C=O) groups is 1. The molecule has 2 aliphatic heterocycles. The molecule has 4 rings (SSSR count). The normalized spacial score (nSPS) is 18.8. The summed E-state index contributed by atoms with van der Waals surface area (Å²) < 4.78 is 18.4. The predicted molar refractivity (Wildman–Crippen MR) is 89.3 cm³/mol. The second-order valence-corrected chi connectivity index (χ2v) is 6.22. The number of aromatic nitrogens is 2. The van der Waals surface area contributed by atoms with Crippen molar-refractivity contribution in [1.29, 1.82) is 0 Å². The monoisotopic (exact) mass is 343 g/mol. The van der Waals surface area contributed by atoms with Crippen LogP contribution in [0.5, 0.6) is 11.5 Å². The molecule has 0 N–H and O–H groups in total. The molecule has 25 heavy (non-hydrogen) atoms. The zero-order valence-corrected chi connectivity index (χ0v) is 14.2. The largest absolute Gasteiger partial charge is 0.454 e. The molecule has 0 saturated heterocycles. The SMILES string of the molecule is CCO[C@H]1CN(C(=O)Cc2ccc3c(c2)OCO3)Cc2ccnn2C1. The molecule has 132 valence electrons. The Morgan fingerprint density at radius 1 is 1.28 bits per heavy atom. The summed E-state index contributed by atoms with van der Waals surface area (Å²) in [5, 5.41) is 4.33. The lowest BCUT2D eigenvalue weighted by Crippen LogP contribution is -2.38. The predicted octanol–water partition coefficient (Wildman–Crippen LogP) is 1.60. The molecule has 0 spiro atoms. The quantitative estimate of drug-likeness (QED) is 0.844. The first kappa shape index (κ1) is 16.0. The zero-order valence-electron chi connectivity index (χ0n) is 14.2. The van der Waals surface area contributed by atoms with E-state index in [0.29, 0.717) is 38.4 Å². The van der Waals surface area contributed by atoms with Crippen LogP contribution in [-0.4, -0.2) is 46.6 Å². The highest BCUT2D eigenvalue weighted by atomic mass is 16.7. The number of rotatable bonds is 4. The highest BCUT2D eigenvalue weighted by molar-refractivity contribution is 5.79. The number of amides is 1. The van der Waals surface area contributed by atoms with Crippen LogP contribution in [0.1, 0.15) is 18.2 Å². The van der Waals surface area contributed by atoms with Crippen molar-refractivity contribution in [2.45, 2.75) is 32.5 Å². The maximum Gasteiger partial charge on any atom is 0.231 e. The number of hydrogen-bond acceptors (Lipinski definition) is 5. The average molecular weight is 343 g/mol. The number of hydrogen-bond donors (Lipinski definition) is 0. The van der Waals surface area contributed by atoms with Crippen molar-refractivity contribution in [2.24, 2.45) is 0 Å². The van der Waals surface area contributed by atoms with E-state index >= 15 is 0 Å². The summed E-state index contributed by atoms with van der Waals surface area (Å²) >= 11 is 0. The summed E-state index contributed by atoms with van der Waals surface area (Å²) in [5.74, 6) is 1.50. The van der Waals surface area contributed by atoms with Gasteiger partial charge < -0.3 is 19.1 Å². The molecule has 2 aromatic rings. The second kappa shape index (κ2) is 6.76. The van der Waals surface area contributed by atoms with E-state index in [-0.39, 0.29) is 18.8 Å². The molecule has 1 aromatic carbocycles. The van der Waals surface area contributed by atoms with Crippen molar-refractivity contribution >= 4 is 5.91 Å². The van der Waals surface area contributed by atoms with Gasteiger partial charge in [0.25, 0.3) is 0 Å². The van der Waals surface area contributed by atoms with Gasteiger partial charge in [0.05, 0.1) is 31.3 Å². The minimum atomic E-state index is -0.0492. The van der Waals surface area contributed by atoms with Crippen molar-refractivity contribution in [1.82, 2.24) is 14.7 Å². The van der Waals surface area contributed by atoms with Gasteiger partial charge in [0.15, 0.2) is 11.5 Å². The Bertz CT molecular complexity index is 773. The average Bonchev–Trinajstić information content (AvgIpc) is 3.20. The van der Waals surface area contributed by atoms with Crippen LogP contribution >= 0.6 is 0 Å². The molecule has 0 unspecified atom stereocenters. The highest BCUT2D eigenvalue weighted by Gasteiger charge is 2.26. The van der Waals surface area contributed by atoms with Crippen LogP contribution in [0.4, 0.5) is 0 Å². The van der Waals surface area contributed by atoms with E-state index in [1.54, 1.807) is 6.20 Å². The Kier molecular flexibility index (Phi) is 4.31. The molecule has 0 bridgehead atoms. The summed E-state index contributed by atoms with van der Waals surface area (Å²) in [4.78, 5) is 14.7. The lowest BCUT2D eigenvalue weighted by atomic mass is 10.1. The van der Waals surface area contributed by atoms with Crippen molar-refractivity contribution in [3.05, 3.63) is 41.7 Å². The van der Waals surface area contributed by atoms with Crippen LogP contribution < -0.4 is 9.47 Å². The van der Waals surface area contributed by atoms with Crippen LogP contribution in [0.25, 0.3) is 0 Å². The van der Waals surface area contributed by atoms with E-state index in [1.807, 2.05) is 40.8 Å². The first-order valence-electron chi connectivity index (χ1n) is 8.51. The van der Waals surface area contributed by atoms with Gasteiger partial charge in [-0.05, 0) is 30.7 Å². The minimum Gasteiger partial charge on any atom is -0.454 e. The molecule has 1 aromatic heterocycles. The van der Waals surface area contributed by atoms with Crippen LogP contribution in [0, 0.1) is 0 Å². The van der Waals surface area contributed by atoms with Crippen LogP contribution in [0.3, 0.4) is 0 Å². The van der Waals surface area contributed by atoms with E-state index in [4.69, 9.17) is 14.2 Å². The van der Waals surface area contributed by atoms with Crippen molar-refractivity contribution in [2.75, 3.05) is 19.9 Å². The number of carbonyl (C=O) groups excluding carboxylic acids is 1. The van der Waals surface area contributed by atoms with Gasteiger partial charge in [-0.2, -0.15) is 5.10 Å². The molecular weight excluding hydrogens is 322 g/mol. The molecule has 0 saturated carbocycles. The summed E-state index contributed by atoms with van der Waals surface area (Å²) in [6.07, 6.45) is 2.04. The third kappa shape index (κ3) is 3.32. The van der Waals surface area contributed by atoms with Gasteiger partial charge in [-0.1, -0.05) is 6.07 Å². The smallest absolute Gasteiger partial charge is 0.231 e. The molecule has 1 atom stereocenters. The second-order valence-electron chi connectivity index (χ2n) is 6.22. The summed E-state index contributed by atoms with van der Waals surface area (Å²) in [6.45, 7) is 4.61. The van der Waals surface area contributed by atoms with Crippen molar-refractivity contribution < 1.29 is 19.0 Å². The van der Waals surface area contributed by atoms with Gasteiger partial charge in [0, 0.05) is 19.3 Å². The van der Waals surface area contributed by atoms with E-state index in [2.05, 4.69) is 5.10 Å². The maximum atomic E-state index is 12.9. The molecule has 0 aliphatic carbocycles. The van der Waals surface area contributed by atoms with Gasteiger partial charge in [0.1, 0.15) is 0 Å². The molecule has 2 aliphatic rings. The number of nitrogens with zero attached hydrogens (tertiary/aromatic N) is 3. The molecule has 1 amide bonds. The van der Waals surface area contributed by atoms with E-state index in [1.165, 1.54) is 0 Å². The molecule has 3 heterocycles. The van der Waals surface area contributed by atoms with Crippen LogP contribution in [0.2, 0.25) is 0 Å². The maximum absolute atomic E-state index is 12.9. The molecule has 0 radical (unpaired) electrons. The Balaban J connectivity index is 1.50. The Hall–Kier alpha value is -2.54.